The van der Waals surface area contributed by atoms with Crippen LogP contribution in [0.1, 0.15) is 303 Å². The Bertz CT molecular complexity index is 1170. The third-order valence-electron chi connectivity index (χ3n) is 13.0. The van der Waals surface area contributed by atoms with E-state index < -0.39 is 6.10 Å². The first kappa shape index (κ1) is 65.6. The molecule has 0 heterocycles. The summed E-state index contributed by atoms with van der Waals surface area (Å²) >= 11 is 0. The van der Waals surface area contributed by atoms with Gasteiger partial charge in [-0.3, -0.25) is 9.59 Å². The number of ether oxygens (including phenoxy) is 3. The number of esters is 2. The predicted molar refractivity (Wildman–Crippen MR) is 298 cm³/mol. The molecule has 68 heavy (non-hydrogen) atoms. The third-order valence-corrected chi connectivity index (χ3v) is 13.0. The minimum Gasteiger partial charge on any atom is -0.462 e. The van der Waals surface area contributed by atoms with Gasteiger partial charge in [0.05, 0.1) is 6.61 Å². The van der Waals surface area contributed by atoms with Crippen molar-refractivity contribution in [2.75, 3.05) is 19.8 Å². The summed E-state index contributed by atoms with van der Waals surface area (Å²) in [6.45, 7) is 7.73. The van der Waals surface area contributed by atoms with Crippen LogP contribution in [0, 0.1) is 0 Å². The van der Waals surface area contributed by atoms with E-state index in [0.29, 0.717) is 19.4 Å². The van der Waals surface area contributed by atoms with E-state index in [2.05, 4.69) is 81.5 Å². The average molecular weight is 952 g/mol. The van der Waals surface area contributed by atoms with Gasteiger partial charge in [0.2, 0.25) is 0 Å². The molecule has 0 aromatic carbocycles. The first-order valence-electron chi connectivity index (χ1n) is 29.8. The Kier molecular flexibility index (Phi) is 56.8. The Morgan fingerprint density at radius 2 is 0.662 bits per heavy atom. The van der Waals surface area contributed by atoms with E-state index in [1.165, 1.54) is 199 Å². The molecule has 0 aliphatic carbocycles. The Hall–Kier alpha value is -2.40. The summed E-state index contributed by atoms with van der Waals surface area (Å²) < 4.78 is 17.5. The number of carbonyl (C=O) groups excluding carboxylic acids is 2. The molecule has 0 saturated carbocycles. The van der Waals surface area contributed by atoms with Gasteiger partial charge in [-0.15, -0.1) is 0 Å². The SMILES string of the molecule is CC/C=C\C/C=C\C/C=C\CCCCCCCCCC(=O)OC(COCCCCCCCCCCCCCCCCCC)COC(=O)CCCCCCCCCCC/C=C\C/C=C\CCCCC. The molecule has 0 spiro atoms. The lowest BCUT2D eigenvalue weighted by atomic mass is 10.0. The highest BCUT2D eigenvalue weighted by atomic mass is 16.6. The normalized spacial score (nSPS) is 12.6. The minimum absolute atomic E-state index is 0.0814. The van der Waals surface area contributed by atoms with Crippen LogP contribution in [0.2, 0.25) is 0 Å². The van der Waals surface area contributed by atoms with Crippen molar-refractivity contribution in [3.63, 3.8) is 0 Å². The molecular formula is C63H114O5. The molecule has 0 aliphatic heterocycles. The van der Waals surface area contributed by atoms with Crippen LogP contribution in [0.3, 0.4) is 0 Å². The highest BCUT2D eigenvalue weighted by molar-refractivity contribution is 5.70. The van der Waals surface area contributed by atoms with Crippen molar-refractivity contribution in [1.29, 1.82) is 0 Å². The fraction of sp³-hybridized carbons (Fsp3) is 0.810. The standard InChI is InChI=1S/C63H114O5/c1-4-7-10-13-16-19-22-25-28-31-32-34-35-38-41-44-47-50-53-56-62(64)67-60-61(59-66-58-55-52-49-46-43-40-37-30-27-24-21-18-15-12-9-6-3)68-63(65)57-54-51-48-45-42-39-36-33-29-26-23-20-17-14-11-8-5-2/h8,11,16-17,19-20,25-26,28-29,61H,4-7,9-10,12-15,18,21-24,27,30-60H2,1-3H3/b11-8-,19-16-,20-17-,28-25-,29-26-. The summed E-state index contributed by atoms with van der Waals surface area (Å²) in [6, 6.07) is 0. The molecule has 5 nitrogen and oxygen atoms in total. The van der Waals surface area contributed by atoms with E-state index in [1.807, 2.05) is 0 Å². The number of unbranched alkanes of at least 4 members (excludes halogenated alkanes) is 34. The summed E-state index contributed by atoms with van der Waals surface area (Å²) in [5.41, 5.74) is 0. The van der Waals surface area contributed by atoms with Crippen LogP contribution in [0.5, 0.6) is 0 Å². The van der Waals surface area contributed by atoms with Crippen molar-refractivity contribution in [2.24, 2.45) is 0 Å². The molecule has 0 aromatic heterocycles. The van der Waals surface area contributed by atoms with Crippen LogP contribution in [0.15, 0.2) is 60.8 Å². The van der Waals surface area contributed by atoms with Crippen LogP contribution in [0.25, 0.3) is 0 Å². The van der Waals surface area contributed by atoms with Crippen LogP contribution < -0.4 is 0 Å². The molecule has 0 bridgehead atoms. The Morgan fingerprint density at radius 3 is 1.09 bits per heavy atom. The number of rotatable bonds is 55. The van der Waals surface area contributed by atoms with Crippen molar-refractivity contribution in [1.82, 2.24) is 0 Å². The molecule has 1 atom stereocenters. The van der Waals surface area contributed by atoms with E-state index >= 15 is 0 Å². The highest BCUT2D eigenvalue weighted by Crippen LogP contribution is 2.16. The second-order valence-corrected chi connectivity index (χ2v) is 19.9. The van der Waals surface area contributed by atoms with Gasteiger partial charge < -0.3 is 14.2 Å². The third kappa shape index (κ3) is 56.2. The molecule has 0 fully saturated rings. The molecule has 0 aliphatic rings. The highest BCUT2D eigenvalue weighted by Gasteiger charge is 2.17. The average Bonchev–Trinajstić information content (AvgIpc) is 3.34. The van der Waals surface area contributed by atoms with Gasteiger partial charge in [0.25, 0.3) is 0 Å². The van der Waals surface area contributed by atoms with Gasteiger partial charge in [0, 0.05) is 19.4 Å². The Balaban J connectivity index is 4.26. The topological polar surface area (TPSA) is 61.8 Å². The zero-order chi connectivity index (χ0) is 49.2. The molecule has 0 radical (unpaired) electrons. The van der Waals surface area contributed by atoms with Crippen LogP contribution in [-0.4, -0.2) is 37.9 Å². The summed E-state index contributed by atoms with van der Waals surface area (Å²) in [7, 11) is 0. The molecular weight excluding hydrogens is 837 g/mol. The predicted octanol–water partition coefficient (Wildman–Crippen LogP) is 20.5. The summed E-state index contributed by atoms with van der Waals surface area (Å²) in [6.07, 6.45) is 75.3. The fourth-order valence-electron chi connectivity index (χ4n) is 8.62. The summed E-state index contributed by atoms with van der Waals surface area (Å²) in [4.78, 5) is 25.6. The first-order valence-corrected chi connectivity index (χ1v) is 29.8. The number of carbonyl (C=O) groups is 2. The van der Waals surface area contributed by atoms with Gasteiger partial charge in [-0.2, -0.15) is 0 Å². The van der Waals surface area contributed by atoms with E-state index in [0.717, 1.165) is 70.6 Å². The lowest BCUT2D eigenvalue weighted by Gasteiger charge is -2.18. The summed E-state index contributed by atoms with van der Waals surface area (Å²) in [5.74, 6) is -0.399. The van der Waals surface area contributed by atoms with Crippen molar-refractivity contribution in [3.05, 3.63) is 60.8 Å². The maximum absolute atomic E-state index is 12.9. The monoisotopic (exact) mass is 951 g/mol. The van der Waals surface area contributed by atoms with E-state index in [9.17, 15) is 9.59 Å². The maximum atomic E-state index is 12.9. The number of hydrogen-bond acceptors (Lipinski definition) is 5. The van der Waals surface area contributed by atoms with E-state index in [-0.39, 0.29) is 25.2 Å². The molecule has 396 valence electrons. The summed E-state index contributed by atoms with van der Waals surface area (Å²) in [5, 5.41) is 0. The molecule has 0 N–H and O–H groups in total. The minimum atomic E-state index is -0.543. The number of allylic oxidation sites excluding steroid dienone is 10. The lowest BCUT2D eigenvalue weighted by Crippen LogP contribution is -2.30. The van der Waals surface area contributed by atoms with Gasteiger partial charge in [0.15, 0.2) is 6.10 Å². The lowest BCUT2D eigenvalue weighted by molar-refractivity contribution is -0.163. The van der Waals surface area contributed by atoms with Gasteiger partial charge in [-0.25, -0.2) is 0 Å². The second kappa shape index (κ2) is 58.9. The van der Waals surface area contributed by atoms with Crippen molar-refractivity contribution < 1.29 is 23.8 Å². The Labute approximate surface area is 424 Å². The van der Waals surface area contributed by atoms with E-state index in [1.54, 1.807) is 0 Å². The zero-order valence-electron chi connectivity index (χ0n) is 45.6. The second-order valence-electron chi connectivity index (χ2n) is 19.9. The maximum Gasteiger partial charge on any atom is 0.306 e. The van der Waals surface area contributed by atoms with Crippen LogP contribution >= 0.6 is 0 Å². The first-order chi connectivity index (χ1) is 33.6. The fourth-order valence-corrected chi connectivity index (χ4v) is 8.62. The quantitative estimate of drug-likeness (QED) is 0.0345. The molecule has 0 aromatic rings. The van der Waals surface area contributed by atoms with Crippen molar-refractivity contribution >= 4 is 11.9 Å². The molecule has 0 saturated heterocycles. The van der Waals surface area contributed by atoms with Crippen LogP contribution in [-0.2, 0) is 23.8 Å². The molecule has 1 unspecified atom stereocenters. The van der Waals surface area contributed by atoms with Crippen molar-refractivity contribution in [2.45, 2.75) is 309 Å². The smallest absolute Gasteiger partial charge is 0.306 e. The van der Waals surface area contributed by atoms with Gasteiger partial charge in [-0.05, 0) is 83.5 Å². The van der Waals surface area contributed by atoms with E-state index in [4.69, 9.17) is 14.2 Å². The molecule has 5 heteroatoms. The zero-order valence-corrected chi connectivity index (χ0v) is 45.6. The van der Waals surface area contributed by atoms with Crippen LogP contribution in [0.4, 0.5) is 0 Å². The van der Waals surface area contributed by atoms with Gasteiger partial charge >= 0.3 is 11.9 Å². The van der Waals surface area contributed by atoms with Gasteiger partial charge in [-0.1, -0.05) is 268 Å². The Morgan fingerprint density at radius 1 is 0.338 bits per heavy atom. The largest absolute Gasteiger partial charge is 0.462 e. The van der Waals surface area contributed by atoms with Crippen molar-refractivity contribution in [3.8, 4) is 0 Å². The molecule has 0 rings (SSSR count). The number of hydrogen-bond donors (Lipinski definition) is 0. The van der Waals surface area contributed by atoms with Gasteiger partial charge in [0.1, 0.15) is 6.61 Å². The molecule has 0 amide bonds.